The average molecular weight is 366 g/mol. The number of hydrogen-bond donors (Lipinski definition) is 8. The Balaban J connectivity index is 4.56. The minimum absolute atomic E-state index is 0.0437. The van der Waals surface area contributed by atoms with Crippen molar-refractivity contribution in [2.45, 2.75) is 44.2 Å². The molecule has 0 aliphatic heterocycles. The van der Waals surface area contributed by atoms with Gasteiger partial charge in [-0.3, -0.25) is 0 Å². The Morgan fingerprint density at radius 3 is 1.08 bits per heavy atom. The van der Waals surface area contributed by atoms with Gasteiger partial charge in [0, 0.05) is 22.9 Å². The zero-order valence-electron chi connectivity index (χ0n) is 15.6. The average Bonchev–Trinajstić information content (AvgIpc) is 2.68. The first-order valence-corrected chi connectivity index (χ1v) is 8.94. The second-order valence-electron chi connectivity index (χ2n) is 7.26. The Morgan fingerprint density at radius 2 is 0.880 bits per heavy atom. The first-order chi connectivity index (χ1) is 11.9. The highest BCUT2D eigenvalue weighted by atomic mass is 16.3. The largest absolute Gasteiger partial charge is 0.396 e. The summed E-state index contributed by atoms with van der Waals surface area (Å²) in [6.45, 7) is -1.65. The van der Waals surface area contributed by atoms with Gasteiger partial charge >= 0.3 is 0 Å². The minimum atomic E-state index is -0.893. The fourth-order valence-corrected chi connectivity index (χ4v) is 3.04. The van der Waals surface area contributed by atoms with E-state index < -0.39 is 10.8 Å². The van der Waals surface area contributed by atoms with Crippen LogP contribution in [0.15, 0.2) is 0 Å². The van der Waals surface area contributed by atoms with Crippen LogP contribution in [-0.4, -0.2) is 96.5 Å². The second kappa shape index (κ2) is 12.9. The predicted molar refractivity (Wildman–Crippen MR) is 96.2 cm³/mol. The van der Waals surface area contributed by atoms with E-state index in [1.54, 1.807) is 0 Å². The Kier molecular flexibility index (Phi) is 12.8. The molecule has 2 atom stereocenters. The van der Waals surface area contributed by atoms with Crippen LogP contribution in [0.3, 0.4) is 0 Å². The summed E-state index contributed by atoms with van der Waals surface area (Å²) in [7, 11) is 3.62. The van der Waals surface area contributed by atoms with Crippen molar-refractivity contribution in [3.63, 3.8) is 0 Å². The third kappa shape index (κ3) is 7.84. The summed E-state index contributed by atoms with van der Waals surface area (Å²) < 4.78 is 0. The molecule has 152 valence electrons. The zero-order valence-corrected chi connectivity index (χ0v) is 15.6. The lowest BCUT2D eigenvalue weighted by Gasteiger charge is -2.33. The van der Waals surface area contributed by atoms with E-state index in [2.05, 4.69) is 10.6 Å². The van der Waals surface area contributed by atoms with Crippen molar-refractivity contribution in [2.24, 2.45) is 10.8 Å². The maximum absolute atomic E-state index is 9.45. The molecule has 0 aliphatic rings. The molecule has 0 rings (SSSR count). The Morgan fingerprint density at radius 1 is 0.600 bits per heavy atom. The Bertz CT molecular complexity index is 278. The van der Waals surface area contributed by atoms with E-state index in [0.29, 0.717) is 12.8 Å². The van der Waals surface area contributed by atoms with Gasteiger partial charge in [-0.15, -0.1) is 0 Å². The van der Waals surface area contributed by atoms with E-state index in [1.165, 1.54) is 0 Å². The van der Waals surface area contributed by atoms with Crippen molar-refractivity contribution in [1.29, 1.82) is 0 Å². The first-order valence-electron chi connectivity index (χ1n) is 8.94. The molecule has 8 heteroatoms. The van der Waals surface area contributed by atoms with Gasteiger partial charge in [0.1, 0.15) is 0 Å². The summed E-state index contributed by atoms with van der Waals surface area (Å²) >= 11 is 0. The fraction of sp³-hybridized carbons (Fsp3) is 1.00. The van der Waals surface area contributed by atoms with Crippen molar-refractivity contribution in [3.8, 4) is 0 Å². The molecule has 0 aliphatic carbocycles. The molecule has 0 aromatic rings. The lowest BCUT2D eigenvalue weighted by atomic mass is 9.81. The molecular formula is C17H38N2O6. The maximum Gasteiger partial charge on any atom is 0.0532 e. The molecule has 25 heavy (non-hydrogen) atoms. The topological polar surface area (TPSA) is 145 Å². The highest BCUT2D eigenvalue weighted by Crippen LogP contribution is 2.26. The summed E-state index contributed by atoms with van der Waals surface area (Å²) in [5.41, 5.74) is -1.79. The molecule has 0 aromatic carbocycles. The molecule has 0 radical (unpaired) electrons. The van der Waals surface area contributed by atoms with E-state index in [0.717, 1.165) is 19.3 Å². The van der Waals surface area contributed by atoms with E-state index in [4.69, 9.17) is 0 Å². The van der Waals surface area contributed by atoms with E-state index in [1.807, 2.05) is 14.1 Å². The standard InChI is InChI=1S/C17H38N2O6/c1-18-14(6-16(8-20,9-21)10-22)4-3-5-15(19-2)7-17(11-23,12-24)13-25/h14-15,18-25H,3-13H2,1-2H3. The van der Waals surface area contributed by atoms with Crippen molar-refractivity contribution in [3.05, 3.63) is 0 Å². The highest BCUT2D eigenvalue weighted by molar-refractivity contribution is 4.85. The lowest BCUT2D eigenvalue weighted by molar-refractivity contribution is -0.00963. The molecule has 0 heterocycles. The van der Waals surface area contributed by atoms with Crippen LogP contribution in [0, 0.1) is 10.8 Å². The number of rotatable bonds is 16. The summed E-state index contributed by atoms with van der Waals surface area (Å²) in [6.07, 6.45) is 3.35. The van der Waals surface area contributed by atoms with Crippen molar-refractivity contribution >= 4 is 0 Å². The molecule has 2 unspecified atom stereocenters. The maximum atomic E-state index is 9.45. The smallest absolute Gasteiger partial charge is 0.0532 e. The molecular weight excluding hydrogens is 328 g/mol. The van der Waals surface area contributed by atoms with Crippen LogP contribution in [-0.2, 0) is 0 Å². The van der Waals surface area contributed by atoms with Crippen molar-refractivity contribution < 1.29 is 30.6 Å². The zero-order chi connectivity index (χ0) is 19.3. The van der Waals surface area contributed by atoms with Gasteiger partial charge in [0.05, 0.1) is 39.6 Å². The third-order valence-electron chi connectivity index (χ3n) is 5.29. The lowest BCUT2D eigenvalue weighted by Crippen LogP contribution is -2.42. The van der Waals surface area contributed by atoms with Crippen LogP contribution in [0.25, 0.3) is 0 Å². The van der Waals surface area contributed by atoms with Gasteiger partial charge < -0.3 is 41.3 Å². The monoisotopic (exact) mass is 366 g/mol. The van der Waals surface area contributed by atoms with Crippen LogP contribution >= 0.6 is 0 Å². The Labute approximate surface area is 150 Å². The molecule has 0 saturated heterocycles. The van der Waals surface area contributed by atoms with Crippen molar-refractivity contribution in [2.75, 3.05) is 53.7 Å². The fourth-order valence-electron chi connectivity index (χ4n) is 3.04. The normalized spacial score (nSPS) is 15.4. The van der Waals surface area contributed by atoms with Gasteiger partial charge in [0.2, 0.25) is 0 Å². The van der Waals surface area contributed by atoms with Crippen LogP contribution < -0.4 is 10.6 Å². The van der Waals surface area contributed by atoms with Crippen LogP contribution in [0.5, 0.6) is 0 Å². The van der Waals surface area contributed by atoms with Crippen LogP contribution in [0.4, 0.5) is 0 Å². The van der Waals surface area contributed by atoms with Gasteiger partial charge in [-0.05, 0) is 39.8 Å². The molecule has 0 spiro atoms. The van der Waals surface area contributed by atoms with Gasteiger partial charge in [0.15, 0.2) is 0 Å². The SMILES string of the molecule is CNC(CCCC(CC(CO)(CO)CO)NC)CC(CO)(CO)CO. The number of nitrogens with one attached hydrogen (secondary N) is 2. The minimum Gasteiger partial charge on any atom is -0.396 e. The Hall–Kier alpha value is -0.320. The number of aliphatic hydroxyl groups excluding tert-OH is 6. The predicted octanol–water partition coefficient (Wildman–Crippen LogP) is -1.96. The third-order valence-corrected chi connectivity index (χ3v) is 5.29. The van der Waals surface area contributed by atoms with Crippen LogP contribution in [0.2, 0.25) is 0 Å². The summed E-state index contributed by atoms with van der Waals surface area (Å²) in [4.78, 5) is 0. The van der Waals surface area contributed by atoms with Crippen LogP contribution in [0.1, 0.15) is 32.1 Å². The highest BCUT2D eigenvalue weighted by Gasteiger charge is 2.32. The van der Waals surface area contributed by atoms with Gasteiger partial charge in [0.25, 0.3) is 0 Å². The molecule has 0 saturated carbocycles. The number of hydrogen-bond acceptors (Lipinski definition) is 8. The second-order valence-corrected chi connectivity index (χ2v) is 7.26. The summed E-state index contributed by atoms with van der Waals surface area (Å²) in [5, 5.41) is 63.0. The molecule has 8 N–H and O–H groups in total. The summed E-state index contributed by atoms with van der Waals surface area (Å²) in [5.74, 6) is 0. The quantitative estimate of drug-likeness (QED) is 0.157. The van der Waals surface area contributed by atoms with E-state index in [-0.39, 0.29) is 51.7 Å². The van der Waals surface area contributed by atoms with Gasteiger partial charge in [-0.1, -0.05) is 6.42 Å². The van der Waals surface area contributed by atoms with E-state index >= 15 is 0 Å². The first kappa shape index (κ1) is 24.7. The molecule has 0 fully saturated rings. The van der Waals surface area contributed by atoms with Crippen molar-refractivity contribution in [1.82, 2.24) is 10.6 Å². The molecule has 0 aromatic heterocycles. The molecule has 0 bridgehead atoms. The molecule has 8 nitrogen and oxygen atoms in total. The van der Waals surface area contributed by atoms with E-state index in [9.17, 15) is 30.6 Å². The summed E-state index contributed by atoms with van der Waals surface area (Å²) in [6, 6.07) is 0.0875. The molecule has 0 amide bonds. The van der Waals surface area contributed by atoms with Gasteiger partial charge in [-0.2, -0.15) is 0 Å². The van der Waals surface area contributed by atoms with Gasteiger partial charge in [-0.25, -0.2) is 0 Å². The number of aliphatic hydroxyl groups is 6.